The van der Waals surface area contributed by atoms with Gasteiger partial charge in [0.1, 0.15) is 6.33 Å². The molecule has 0 aromatic carbocycles. The number of nitrogens with zero attached hydrogens (tertiary/aromatic N) is 4. The number of hydrogen-bond acceptors (Lipinski definition) is 5. The lowest BCUT2D eigenvalue weighted by Crippen LogP contribution is -2.50. The van der Waals surface area contributed by atoms with Gasteiger partial charge in [-0.1, -0.05) is 12.8 Å². The Kier molecular flexibility index (Phi) is 3.32. The van der Waals surface area contributed by atoms with E-state index in [0.717, 1.165) is 38.0 Å². The van der Waals surface area contributed by atoms with Gasteiger partial charge >= 0.3 is 0 Å². The molecule has 2 heterocycles. The van der Waals surface area contributed by atoms with Crippen LogP contribution in [-0.4, -0.2) is 47.1 Å². The summed E-state index contributed by atoms with van der Waals surface area (Å²) in [6, 6.07) is 0.829. The van der Waals surface area contributed by atoms with E-state index < -0.39 is 0 Å². The van der Waals surface area contributed by atoms with Crippen LogP contribution in [0.1, 0.15) is 25.7 Å². The van der Waals surface area contributed by atoms with Crippen LogP contribution in [0.2, 0.25) is 0 Å². The highest BCUT2D eigenvalue weighted by molar-refractivity contribution is 5.61. The lowest BCUT2D eigenvalue weighted by atomic mass is 10.2. The third-order valence-corrected chi connectivity index (χ3v) is 4.17. The molecule has 1 saturated heterocycles. The van der Waals surface area contributed by atoms with Crippen LogP contribution in [-0.2, 0) is 0 Å². The van der Waals surface area contributed by atoms with Crippen molar-refractivity contribution in [3.05, 3.63) is 12.5 Å². The quantitative estimate of drug-likeness (QED) is 0.849. The maximum Gasteiger partial charge on any atom is 0.155 e. The summed E-state index contributed by atoms with van der Waals surface area (Å²) in [5, 5.41) is 0. The number of aromatic nitrogens is 2. The maximum atomic E-state index is 5.93. The predicted molar refractivity (Wildman–Crippen MR) is 72.5 cm³/mol. The van der Waals surface area contributed by atoms with Gasteiger partial charge < -0.3 is 10.6 Å². The molecule has 3 rings (SSSR count). The second-order valence-electron chi connectivity index (χ2n) is 5.26. The molecule has 1 aliphatic heterocycles. The van der Waals surface area contributed by atoms with E-state index in [0.29, 0.717) is 5.69 Å². The number of rotatable bonds is 2. The third-order valence-electron chi connectivity index (χ3n) is 4.17. The molecular weight excluding hydrogens is 226 g/mol. The second kappa shape index (κ2) is 5.10. The van der Waals surface area contributed by atoms with Gasteiger partial charge in [-0.05, 0) is 12.8 Å². The Bertz CT molecular complexity index is 394. The van der Waals surface area contributed by atoms with Crippen molar-refractivity contribution in [2.75, 3.05) is 36.8 Å². The largest absolute Gasteiger partial charge is 0.394 e. The lowest BCUT2D eigenvalue weighted by Gasteiger charge is -2.38. The maximum absolute atomic E-state index is 5.93. The topological polar surface area (TPSA) is 58.3 Å². The van der Waals surface area contributed by atoms with Crippen LogP contribution in [0.15, 0.2) is 12.5 Å². The molecule has 98 valence electrons. The first-order valence-corrected chi connectivity index (χ1v) is 6.89. The minimum atomic E-state index is 0.687. The first-order valence-electron chi connectivity index (χ1n) is 6.89. The molecule has 1 aromatic rings. The van der Waals surface area contributed by atoms with Crippen molar-refractivity contribution in [2.24, 2.45) is 0 Å². The van der Waals surface area contributed by atoms with Crippen LogP contribution in [0.3, 0.4) is 0 Å². The van der Waals surface area contributed by atoms with Crippen LogP contribution >= 0.6 is 0 Å². The third kappa shape index (κ3) is 2.27. The van der Waals surface area contributed by atoms with E-state index in [1.54, 1.807) is 12.5 Å². The summed E-state index contributed by atoms with van der Waals surface area (Å²) in [4.78, 5) is 13.2. The van der Waals surface area contributed by atoms with E-state index >= 15 is 0 Å². The normalized spacial score (nSPS) is 22.6. The predicted octanol–water partition coefficient (Wildman–Crippen LogP) is 1.12. The van der Waals surface area contributed by atoms with E-state index in [9.17, 15) is 0 Å². The van der Waals surface area contributed by atoms with Crippen molar-refractivity contribution < 1.29 is 0 Å². The van der Waals surface area contributed by atoms with Gasteiger partial charge in [0.15, 0.2) is 5.82 Å². The molecule has 18 heavy (non-hydrogen) atoms. The number of anilines is 2. The summed E-state index contributed by atoms with van der Waals surface area (Å²) in [6.45, 7) is 4.32. The molecule has 1 aromatic heterocycles. The highest BCUT2D eigenvalue weighted by Gasteiger charge is 2.26. The number of hydrogen-bond donors (Lipinski definition) is 1. The Labute approximate surface area is 108 Å². The molecule has 2 fully saturated rings. The van der Waals surface area contributed by atoms with Gasteiger partial charge in [-0.2, -0.15) is 0 Å². The summed E-state index contributed by atoms with van der Waals surface area (Å²) < 4.78 is 0. The number of piperazine rings is 1. The van der Waals surface area contributed by atoms with Crippen molar-refractivity contribution in [3.63, 3.8) is 0 Å². The zero-order valence-corrected chi connectivity index (χ0v) is 10.8. The highest BCUT2D eigenvalue weighted by Crippen LogP contribution is 2.26. The SMILES string of the molecule is Nc1cncnc1N1CCN(C2CCCC2)CC1. The molecule has 5 heteroatoms. The molecule has 0 amide bonds. The van der Waals surface area contributed by atoms with Crippen LogP contribution in [0, 0.1) is 0 Å². The van der Waals surface area contributed by atoms with Crippen LogP contribution < -0.4 is 10.6 Å². The fourth-order valence-electron chi connectivity index (χ4n) is 3.17. The van der Waals surface area contributed by atoms with Gasteiger partial charge in [-0.3, -0.25) is 4.90 Å². The van der Waals surface area contributed by atoms with E-state index in [1.165, 1.54) is 25.7 Å². The van der Waals surface area contributed by atoms with Gasteiger partial charge in [0.05, 0.1) is 11.9 Å². The standard InChI is InChI=1S/C13H21N5/c14-12-9-15-10-16-13(12)18-7-5-17(6-8-18)11-3-1-2-4-11/h9-11H,1-8,14H2. The van der Waals surface area contributed by atoms with Gasteiger partial charge in [-0.25, -0.2) is 9.97 Å². The van der Waals surface area contributed by atoms with Gasteiger partial charge in [0.25, 0.3) is 0 Å². The molecule has 0 radical (unpaired) electrons. The van der Waals surface area contributed by atoms with Gasteiger partial charge in [0, 0.05) is 32.2 Å². The van der Waals surface area contributed by atoms with E-state index in [1.807, 2.05) is 0 Å². The molecule has 1 saturated carbocycles. The first kappa shape index (κ1) is 11.7. The van der Waals surface area contributed by atoms with Crippen molar-refractivity contribution in [1.29, 1.82) is 0 Å². The molecule has 2 aliphatic rings. The second-order valence-corrected chi connectivity index (χ2v) is 5.26. The first-order chi connectivity index (χ1) is 8.84. The smallest absolute Gasteiger partial charge is 0.155 e. The number of nitrogen functional groups attached to an aromatic ring is 1. The lowest BCUT2D eigenvalue weighted by molar-refractivity contribution is 0.187. The van der Waals surface area contributed by atoms with E-state index in [-0.39, 0.29) is 0 Å². The van der Waals surface area contributed by atoms with Crippen LogP contribution in [0.4, 0.5) is 11.5 Å². The zero-order chi connectivity index (χ0) is 12.4. The average Bonchev–Trinajstić information content (AvgIpc) is 2.94. The Morgan fingerprint density at radius 3 is 2.50 bits per heavy atom. The minimum absolute atomic E-state index is 0.687. The van der Waals surface area contributed by atoms with Crippen molar-refractivity contribution in [2.45, 2.75) is 31.7 Å². The Morgan fingerprint density at radius 1 is 1.11 bits per heavy atom. The molecule has 0 bridgehead atoms. The summed E-state index contributed by atoms with van der Waals surface area (Å²) in [5.74, 6) is 0.899. The summed E-state index contributed by atoms with van der Waals surface area (Å²) in [6.07, 6.45) is 8.85. The minimum Gasteiger partial charge on any atom is -0.394 e. The fraction of sp³-hybridized carbons (Fsp3) is 0.692. The fourth-order valence-corrected chi connectivity index (χ4v) is 3.17. The molecule has 0 unspecified atom stereocenters. The van der Waals surface area contributed by atoms with Crippen molar-refractivity contribution in [3.8, 4) is 0 Å². The summed E-state index contributed by atoms with van der Waals surface area (Å²) in [5.41, 5.74) is 6.61. The van der Waals surface area contributed by atoms with Gasteiger partial charge in [-0.15, -0.1) is 0 Å². The van der Waals surface area contributed by atoms with Gasteiger partial charge in [0.2, 0.25) is 0 Å². The summed E-state index contributed by atoms with van der Waals surface area (Å²) >= 11 is 0. The van der Waals surface area contributed by atoms with E-state index in [4.69, 9.17) is 5.73 Å². The molecule has 0 spiro atoms. The zero-order valence-electron chi connectivity index (χ0n) is 10.8. The Balaban J connectivity index is 1.61. The highest BCUT2D eigenvalue weighted by atomic mass is 15.3. The summed E-state index contributed by atoms with van der Waals surface area (Å²) in [7, 11) is 0. The molecular formula is C13H21N5. The van der Waals surface area contributed by atoms with Crippen LogP contribution in [0.5, 0.6) is 0 Å². The monoisotopic (exact) mass is 247 g/mol. The number of nitrogens with two attached hydrogens (primary N) is 1. The van der Waals surface area contributed by atoms with Crippen LogP contribution in [0.25, 0.3) is 0 Å². The molecule has 5 nitrogen and oxygen atoms in total. The van der Waals surface area contributed by atoms with Crippen molar-refractivity contribution >= 4 is 11.5 Å². The Morgan fingerprint density at radius 2 is 1.83 bits per heavy atom. The Hall–Kier alpha value is -1.36. The molecule has 2 N–H and O–H groups in total. The molecule has 1 aliphatic carbocycles. The molecule has 0 atom stereocenters. The van der Waals surface area contributed by atoms with Crippen molar-refractivity contribution in [1.82, 2.24) is 14.9 Å². The average molecular weight is 247 g/mol. The van der Waals surface area contributed by atoms with E-state index in [2.05, 4.69) is 19.8 Å².